The summed E-state index contributed by atoms with van der Waals surface area (Å²) in [5.74, 6) is 1.02. The highest BCUT2D eigenvalue weighted by molar-refractivity contribution is 7.14. The molecule has 1 aliphatic heterocycles. The molecular formula is C24H28N4O5S. The van der Waals surface area contributed by atoms with Gasteiger partial charge in [0, 0.05) is 37.2 Å². The van der Waals surface area contributed by atoms with E-state index in [1.807, 2.05) is 24.3 Å². The van der Waals surface area contributed by atoms with Crippen LogP contribution in [0.15, 0.2) is 52.5 Å². The predicted octanol–water partition coefficient (Wildman–Crippen LogP) is 3.82. The lowest BCUT2D eigenvalue weighted by Gasteiger charge is -2.21. The lowest BCUT2D eigenvalue weighted by atomic mass is 10.2. The number of thiazole rings is 1. The van der Waals surface area contributed by atoms with E-state index in [0.29, 0.717) is 23.1 Å². The number of nitrogens with one attached hydrogen (secondary N) is 2. The Morgan fingerprint density at radius 3 is 2.82 bits per heavy atom. The van der Waals surface area contributed by atoms with E-state index in [1.54, 1.807) is 35.8 Å². The van der Waals surface area contributed by atoms with Crippen molar-refractivity contribution in [3.05, 3.63) is 59.5 Å². The number of ether oxygens (including phenoxy) is 2. The first-order valence-electron chi connectivity index (χ1n) is 11.2. The summed E-state index contributed by atoms with van der Waals surface area (Å²) in [5, 5.41) is 8.40. The van der Waals surface area contributed by atoms with Crippen molar-refractivity contribution in [1.29, 1.82) is 0 Å². The van der Waals surface area contributed by atoms with Gasteiger partial charge >= 0.3 is 0 Å². The third-order valence-electron chi connectivity index (χ3n) is 5.44. The molecule has 0 radical (unpaired) electrons. The highest BCUT2D eigenvalue weighted by Crippen LogP contribution is 2.24. The number of methoxy groups -OCH3 is 1. The van der Waals surface area contributed by atoms with Crippen LogP contribution in [0.3, 0.4) is 0 Å². The van der Waals surface area contributed by atoms with Crippen molar-refractivity contribution in [3.8, 4) is 5.75 Å². The van der Waals surface area contributed by atoms with Crippen LogP contribution >= 0.6 is 11.3 Å². The largest absolute Gasteiger partial charge is 0.497 e. The summed E-state index contributed by atoms with van der Waals surface area (Å²) in [4.78, 5) is 31.6. The van der Waals surface area contributed by atoms with E-state index in [4.69, 9.17) is 13.9 Å². The monoisotopic (exact) mass is 484 g/mol. The van der Waals surface area contributed by atoms with Crippen LogP contribution in [0.5, 0.6) is 5.75 Å². The minimum atomic E-state index is -0.262. The quantitative estimate of drug-likeness (QED) is 0.426. The molecule has 2 N–H and O–H groups in total. The maximum absolute atomic E-state index is 13.2. The number of amides is 2. The Labute approximate surface area is 202 Å². The van der Waals surface area contributed by atoms with Gasteiger partial charge in [-0.2, -0.15) is 0 Å². The van der Waals surface area contributed by atoms with Crippen molar-refractivity contribution in [2.24, 2.45) is 0 Å². The minimum absolute atomic E-state index is 0.0800. The van der Waals surface area contributed by atoms with Gasteiger partial charge in [-0.1, -0.05) is 0 Å². The second-order valence-electron chi connectivity index (χ2n) is 7.89. The van der Waals surface area contributed by atoms with Gasteiger partial charge in [-0.15, -0.1) is 11.3 Å². The number of rotatable bonds is 11. The van der Waals surface area contributed by atoms with Crippen LogP contribution in [0.2, 0.25) is 0 Å². The number of hydrogen-bond donors (Lipinski definition) is 2. The molecule has 1 fully saturated rings. The Hall–Kier alpha value is -3.37. The number of furan rings is 1. The molecule has 1 aromatic carbocycles. The van der Waals surface area contributed by atoms with Crippen molar-refractivity contribution in [1.82, 2.24) is 15.2 Å². The fourth-order valence-corrected chi connectivity index (χ4v) is 4.29. The third-order valence-corrected chi connectivity index (χ3v) is 6.20. The topological polar surface area (TPSA) is 106 Å². The zero-order valence-electron chi connectivity index (χ0n) is 19.0. The Kier molecular flexibility index (Phi) is 8.16. The van der Waals surface area contributed by atoms with E-state index >= 15 is 0 Å². The molecule has 2 aromatic heterocycles. The molecule has 180 valence electrons. The summed E-state index contributed by atoms with van der Waals surface area (Å²) in [6, 6.07) is 11.0. The molecule has 0 spiro atoms. The highest BCUT2D eigenvalue weighted by Gasteiger charge is 2.22. The number of carbonyl (C=O) groups excluding carboxylic acids is 2. The molecular weight excluding hydrogens is 456 g/mol. The van der Waals surface area contributed by atoms with Crippen LogP contribution in [-0.4, -0.2) is 54.6 Å². The van der Waals surface area contributed by atoms with E-state index in [9.17, 15) is 9.59 Å². The number of benzene rings is 1. The maximum Gasteiger partial charge on any atom is 0.273 e. The summed E-state index contributed by atoms with van der Waals surface area (Å²) in [6.45, 7) is 1.74. The van der Waals surface area contributed by atoms with Crippen molar-refractivity contribution in [3.63, 3.8) is 0 Å². The molecule has 0 unspecified atom stereocenters. The Balaban J connectivity index is 1.37. The molecule has 1 atom stereocenters. The summed E-state index contributed by atoms with van der Waals surface area (Å²) in [7, 11) is 1.61. The van der Waals surface area contributed by atoms with Crippen molar-refractivity contribution in [2.45, 2.75) is 31.9 Å². The first-order valence-corrected chi connectivity index (χ1v) is 12.1. The second kappa shape index (κ2) is 11.7. The third kappa shape index (κ3) is 6.58. The van der Waals surface area contributed by atoms with Crippen LogP contribution in [-0.2, 0) is 16.1 Å². The van der Waals surface area contributed by atoms with Crippen LogP contribution < -0.4 is 15.4 Å². The van der Waals surface area contributed by atoms with E-state index in [0.717, 1.165) is 30.9 Å². The molecule has 0 saturated carbocycles. The van der Waals surface area contributed by atoms with Gasteiger partial charge in [-0.05, 0) is 49.2 Å². The number of hydrogen-bond acceptors (Lipinski definition) is 8. The van der Waals surface area contributed by atoms with Gasteiger partial charge in [-0.25, -0.2) is 4.98 Å². The van der Waals surface area contributed by atoms with Crippen molar-refractivity contribution < 1.29 is 23.5 Å². The standard InChI is InChI=1S/C24H28N4O5S/c1-31-18-8-6-17(7-9-18)26-24-27-21(16-34-24)23(30)28(15-20-5-3-13-33-20)11-10-22(29)25-14-19-4-2-12-32-19/h3,5-9,13,16,19H,2,4,10-12,14-15H2,1H3,(H,25,29)(H,26,27)/t19-/m0/s1. The number of aromatic nitrogens is 1. The minimum Gasteiger partial charge on any atom is -0.497 e. The van der Waals surface area contributed by atoms with Gasteiger partial charge in [0.05, 0.1) is 26.0 Å². The Morgan fingerprint density at radius 2 is 2.12 bits per heavy atom. The second-order valence-corrected chi connectivity index (χ2v) is 8.74. The average Bonchev–Trinajstić information content (AvgIpc) is 3.64. The first kappa shape index (κ1) is 23.8. The van der Waals surface area contributed by atoms with E-state index in [1.165, 1.54) is 11.3 Å². The van der Waals surface area contributed by atoms with Gasteiger partial charge in [-0.3, -0.25) is 9.59 Å². The zero-order chi connectivity index (χ0) is 23.8. The van der Waals surface area contributed by atoms with Gasteiger partial charge in [0.2, 0.25) is 5.91 Å². The molecule has 1 saturated heterocycles. The van der Waals surface area contributed by atoms with Crippen LogP contribution in [0.25, 0.3) is 0 Å². The molecule has 9 nitrogen and oxygen atoms in total. The summed E-state index contributed by atoms with van der Waals surface area (Å²) < 4.78 is 16.1. The molecule has 3 aromatic rings. The summed E-state index contributed by atoms with van der Waals surface area (Å²) in [6.07, 6.45) is 3.80. The fourth-order valence-electron chi connectivity index (χ4n) is 3.59. The van der Waals surface area contributed by atoms with Crippen LogP contribution in [0.1, 0.15) is 35.5 Å². The van der Waals surface area contributed by atoms with Gasteiger partial charge in [0.15, 0.2) is 5.13 Å². The molecule has 4 rings (SSSR count). The molecule has 0 bridgehead atoms. The number of nitrogens with zero attached hydrogens (tertiary/aromatic N) is 2. The molecule has 1 aliphatic rings. The van der Waals surface area contributed by atoms with Crippen molar-refractivity contribution in [2.75, 3.05) is 32.1 Å². The van der Waals surface area contributed by atoms with E-state index in [-0.39, 0.29) is 37.4 Å². The molecule has 34 heavy (non-hydrogen) atoms. The molecule has 0 aliphatic carbocycles. The molecule has 2 amide bonds. The number of carbonyl (C=O) groups is 2. The highest BCUT2D eigenvalue weighted by atomic mass is 32.1. The summed E-state index contributed by atoms with van der Waals surface area (Å²) >= 11 is 1.34. The smallest absolute Gasteiger partial charge is 0.273 e. The SMILES string of the molecule is COc1ccc(Nc2nc(C(=O)N(CCC(=O)NC[C@@H]3CCCO3)Cc3ccco3)cs2)cc1. The normalized spacial score (nSPS) is 15.1. The van der Waals surface area contributed by atoms with Gasteiger partial charge in [0.25, 0.3) is 5.91 Å². The van der Waals surface area contributed by atoms with E-state index < -0.39 is 0 Å². The van der Waals surface area contributed by atoms with E-state index in [2.05, 4.69) is 15.6 Å². The van der Waals surface area contributed by atoms with Crippen LogP contribution in [0.4, 0.5) is 10.8 Å². The molecule has 3 heterocycles. The average molecular weight is 485 g/mol. The van der Waals surface area contributed by atoms with Crippen molar-refractivity contribution >= 4 is 34.0 Å². The lowest BCUT2D eigenvalue weighted by Crippen LogP contribution is -2.37. The fraction of sp³-hybridized carbons (Fsp3) is 0.375. The van der Waals surface area contributed by atoms with Gasteiger partial charge < -0.3 is 29.4 Å². The Bertz CT molecular complexity index is 1060. The summed E-state index contributed by atoms with van der Waals surface area (Å²) in [5.41, 5.74) is 1.15. The Morgan fingerprint density at radius 1 is 1.26 bits per heavy atom. The first-order chi connectivity index (χ1) is 16.6. The zero-order valence-corrected chi connectivity index (χ0v) is 19.8. The number of anilines is 2. The lowest BCUT2D eigenvalue weighted by molar-refractivity contribution is -0.121. The predicted molar refractivity (Wildman–Crippen MR) is 128 cm³/mol. The maximum atomic E-state index is 13.2. The van der Waals surface area contributed by atoms with Gasteiger partial charge in [0.1, 0.15) is 17.2 Å². The van der Waals surface area contributed by atoms with Crippen LogP contribution in [0, 0.1) is 0 Å². The molecule has 10 heteroatoms.